The molecule has 0 aromatic heterocycles. The van der Waals surface area contributed by atoms with Crippen molar-refractivity contribution in [3.8, 4) is 5.75 Å². The smallest absolute Gasteiger partial charge is 0.338 e. The Morgan fingerprint density at radius 2 is 1.96 bits per heavy atom. The van der Waals surface area contributed by atoms with Gasteiger partial charge in [-0.3, -0.25) is 9.59 Å². The van der Waals surface area contributed by atoms with Crippen molar-refractivity contribution in [1.82, 2.24) is 10.2 Å². The van der Waals surface area contributed by atoms with Crippen LogP contribution in [0.3, 0.4) is 0 Å². The van der Waals surface area contributed by atoms with Gasteiger partial charge in [0.2, 0.25) is 5.91 Å². The number of carbonyl (C=O) groups is 3. The molecule has 0 fully saturated rings. The minimum absolute atomic E-state index is 0.0919. The number of nitrogens with one attached hydrogen (secondary N) is 1. The molecule has 1 aromatic rings. The van der Waals surface area contributed by atoms with Gasteiger partial charge in [0.1, 0.15) is 5.75 Å². The van der Waals surface area contributed by atoms with Crippen LogP contribution in [0.25, 0.3) is 0 Å². The molecule has 1 N–H and O–H groups in total. The van der Waals surface area contributed by atoms with Crippen molar-refractivity contribution in [1.29, 1.82) is 0 Å². The Labute approximate surface area is 141 Å². The number of amides is 2. The number of likely N-dealkylation sites (N-methyl/N-ethyl adjacent to an activating group) is 2. The summed E-state index contributed by atoms with van der Waals surface area (Å²) in [6, 6.07) is 6.60. The first-order valence-electron chi connectivity index (χ1n) is 7.68. The van der Waals surface area contributed by atoms with E-state index >= 15 is 0 Å². The van der Waals surface area contributed by atoms with Crippen molar-refractivity contribution in [2.24, 2.45) is 5.92 Å². The number of benzene rings is 1. The largest absolute Gasteiger partial charge is 0.493 e. The third kappa shape index (κ3) is 6.68. The number of hydrogen-bond acceptors (Lipinski definition) is 5. The van der Waals surface area contributed by atoms with Crippen LogP contribution in [0, 0.1) is 5.92 Å². The van der Waals surface area contributed by atoms with Crippen molar-refractivity contribution < 1.29 is 23.9 Å². The van der Waals surface area contributed by atoms with Crippen LogP contribution in [0.4, 0.5) is 0 Å². The summed E-state index contributed by atoms with van der Waals surface area (Å²) in [5.74, 6) is -0.437. The lowest BCUT2D eigenvalue weighted by Crippen LogP contribution is -2.39. The number of ether oxygens (including phenoxy) is 2. The molecule has 24 heavy (non-hydrogen) atoms. The predicted molar refractivity (Wildman–Crippen MR) is 88.8 cm³/mol. The molecule has 2 amide bonds. The van der Waals surface area contributed by atoms with Gasteiger partial charge >= 0.3 is 5.97 Å². The highest BCUT2D eigenvalue weighted by Crippen LogP contribution is 2.15. The Morgan fingerprint density at radius 3 is 2.58 bits per heavy atom. The summed E-state index contributed by atoms with van der Waals surface area (Å²) < 4.78 is 10.5. The Hall–Kier alpha value is -2.57. The van der Waals surface area contributed by atoms with Crippen LogP contribution in [-0.4, -0.2) is 56.5 Å². The van der Waals surface area contributed by atoms with Gasteiger partial charge in [-0.1, -0.05) is 19.9 Å². The second-order valence-corrected chi connectivity index (χ2v) is 5.73. The minimum Gasteiger partial charge on any atom is -0.493 e. The van der Waals surface area contributed by atoms with E-state index in [1.807, 2.05) is 13.8 Å². The molecule has 0 aliphatic carbocycles. The molecule has 132 valence electrons. The first-order valence-corrected chi connectivity index (χ1v) is 7.68. The monoisotopic (exact) mass is 336 g/mol. The van der Waals surface area contributed by atoms with Crippen LogP contribution in [0.2, 0.25) is 0 Å². The fourth-order valence-electron chi connectivity index (χ4n) is 1.68. The molecule has 0 aliphatic heterocycles. The summed E-state index contributed by atoms with van der Waals surface area (Å²) in [6.07, 6.45) is 0. The number of esters is 1. The van der Waals surface area contributed by atoms with Crippen LogP contribution < -0.4 is 10.1 Å². The fraction of sp³-hybridized carbons (Fsp3) is 0.471. The number of hydrogen-bond donors (Lipinski definition) is 1. The lowest BCUT2D eigenvalue weighted by molar-refractivity contribution is -0.137. The molecule has 0 radical (unpaired) electrons. The highest BCUT2D eigenvalue weighted by atomic mass is 16.5. The third-order valence-electron chi connectivity index (χ3n) is 3.07. The zero-order valence-corrected chi connectivity index (χ0v) is 14.5. The molecule has 0 spiro atoms. The highest BCUT2D eigenvalue weighted by molar-refractivity contribution is 5.92. The molecule has 0 saturated carbocycles. The number of rotatable bonds is 8. The van der Waals surface area contributed by atoms with Gasteiger partial charge < -0.3 is 19.7 Å². The Morgan fingerprint density at radius 1 is 1.25 bits per heavy atom. The molecule has 0 bridgehead atoms. The summed E-state index contributed by atoms with van der Waals surface area (Å²) in [7, 11) is 2.95. The van der Waals surface area contributed by atoms with Crippen molar-refractivity contribution >= 4 is 17.8 Å². The van der Waals surface area contributed by atoms with E-state index in [4.69, 9.17) is 9.47 Å². The molecule has 0 unspecified atom stereocenters. The quantitative estimate of drug-likeness (QED) is 0.718. The average molecular weight is 336 g/mol. The summed E-state index contributed by atoms with van der Waals surface area (Å²) in [5.41, 5.74) is 0.304. The van der Waals surface area contributed by atoms with E-state index in [-0.39, 0.29) is 12.5 Å². The predicted octanol–water partition coefficient (Wildman–Crippen LogP) is 1.08. The maximum absolute atomic E-state index is 12.0. The molecule has 7 heteroatoms. The van der Waals surface area contributed by atoms with Gasteiger partial charge in [0.05, 0.1) is 18.7 Å². The van der Waals surface area contributed by atoms with Crippen molar-refractivity contribution in [3.05, 3.63) is 29.8 Å². The molecule has 0 heterocycles. The van der Waals surface area contributed by atoms with Gasteiger partial charge in [0.25, 0.3) is 5.91 Å². The molecule has 0 saturated heterocycles. The van der Waals surface area contributed by atoms with Crippen LogP contribution in [-0.2, 0) is 14.3 Å². The fourth-order valence-corrected chi connectivity index (χ4v) is 1.68. The van der Waals surface area contributed by atoms with E-state index in [1.54, 1.807) is 24.3 Å². The first kappa shape index (κ1) is 19.5. The lowest BCUT2D eigenvalue weighted by atomic mass is 10.2. The molecule has 7 nitrogen and oxygen atoms in total. The first-order chi connectivity index (χ1) is 11.3. The maximum Gasteiger partial charge on any atom is 0.338 e. The van der Waals surface area contributed by atoms with Crippen molar-refractivity contribution in [3.63, 3.8) is 0 Å². The SMILES string of the molecule is CNC(=O)CN(C)C(=O)COC(=O)c1cccc(OCC(C)C)c1. The van der Waals surface area contributed by atoms with E-state index in [2.05, 4.69) is 5.32 Å². The maximum atomic E-state index is 12.0. The molecular weight excluding hydrogens is 312 g/mol. The molecule has 1 rings (SSSR count). The van der Waals surface area contributed by atoms with Gasteiger partial charge in [-0.05, 0) is 24.1 Å². The van der Waals surface area contributed by atoms with Crippen LogP contribution >= 0.6 is 0 Å². The van der Waals surface area contributed by atoms with Gasteiger partial charge in [-0.25, -0.2) is 4.79 Å². The normalized spacial score (nSPS) is 10.2. The molecule has 0 aliphatic rings. The second kappa shape index (κ2) is 9.54. The zero-order valence-electron chi connectivity index (χ0n) is 14.5. The third-order valence-corrected chi connectivity index (χ3v) is 3.07. The standard InChI is InChI=1S/C17H24N2O5/c1-12(2)10-23-14-7-5-6-13(8-14)17(22)24-11-16(21)19(4)9-15(20)18-3/h5-8,12H,9-11H2,1-4H3,(H,18,20). The van der Waals surface area contributed by atoms with E-state index in [0.29, 0.717) is 23.8 Å². The zero-order chi connectivity index (χ0) is 18.1. The van der Waals surface area contributed by atoms with Gasteiger partial charge in [-0.15, -0.1) is 0 Å². The van der Waals surface area contributed by atoms with Gasteiger partial charge in [0, 0.05) is 14.1 Å². The van der Waals surface area contributed by atoms with E-state index in [9.17, 15) is 14.4 Å². The lowest BCUT2D eigenvalue weighted by Gasteiger charge is -2.16. The highest BCUT2D eigenvalue weighted by Gasteiger charge is 2.15. The van der Waals surface area contributed by atoms with Crippen LogP contribution in [0.5, 0.6) is 5.75 Å². The van der Waals surface area contributed by atoms with Crippen LogP contribution in [0.15, 0.2) is 24.3 Å². The summed E-state index contributed by atoms with van der Waals surface area (Å²) in [4.78, 5) is 36.2. The van der Waals surface area contributed by atoms with Gasteiger partial charge in [0.15, 0.2) is 6.61 Å². The van der Waals surface area contributed by atoms with E-state index in [1.165, 1.54) is 19.0 Å². The Kier molecular flexibility index (Phi) is 7.74. The second-order valence-electron chi connectivity index (χ2n) is 5.73. The Bertz CT molecular complexity index is 586. The van der Waals surface area contributed by atoms with Crippen molar-refractivity contribution in [2.45, 2.75) is 13.8 Å². The van der Waals surface area contributed by atoms with Crippen LogP contribution in [0.1, 0.15) is 24.2 Å². The topological polar surface area (TPSA) is 84.9 Å². The summed E-state index contributed by atoms with van der Waals surface area (Å²) in [6.45, 7) is 4.08. The number of nitrogens with zero attached hydrogens (tertiary/aromatic N) is 1. The molecular formula is C17H24N2O5. The summed E-state index contributed by atoms with van der Waals surface area (Å²) in [5, 5.41) is 2.41. The average Bonchev–Trinajstić information content (AvgIpc) is 2.57. The van der Waals surface area contributed by atoms with E-state index < -0.39 is 18.5 Å². The van der Waals surface area contributed by atoms with Crippen molar-refractivity contribution in [2.75, 3.05) is 33.9 Å². The minimum atomic E-state index is -0.619. The van der Waals surface area contributed by atoms with E-state index in [0.717, 1.165) is 0 Å². The number of carbonyl (C=O) groups excluding carboxylic acids is 3. The van der Waals surface area contributed by atoms with Gasteiger partial charge in [-0.2, -0.15) is 0 Å². The Balaban J connectivity index is 2.54. The molecule has 0 atom stereocenters. The summed E-state index contributed by atoms with van der Waals surface area (Å²) >= 11 is 0. The molecule has 1 aromatic carbocycles.